The zero-order valence-electron chi connectivity index (χ0n) is 15.8. The second kappa shape index (κ2) is 7.87. The average molecular weight is 382 g/mol. The third-order valence-corrected chi connectivity index (χ3v) is 4.66. The van der Waals surface area contributed by atoms with Crippen LogP contribution in [0.25, 0.3) is 5.52 Å². The van der Waals surface area contributed by atoms with Crippen LogP contribution in [0.15, 0.2) is 73.2 Å². The SMILES string of the molecule is Cc1c(C(=O)Nc2ccc(OCc3cccc(C#N)c3)cc2)ccc2cncn12. The normalized spacial score (nSPS) is 10.5. The Morgan fingerprint density at radius 2 is 2.00 bits per heavy atom. The molecule has 0 spiro atoms. The first-order valence-electron chi connectivity index (χ1n) is 9.09. The van der Waals surface area contributed by atoms with Crippen LogP contribution in [-0.2, 0) is 6.61 Å². The van der Waals surface area contributed by atoms with Crippen LogP contribution in [0.4, 0.5) is 5.69 Å². The summed E-state index contributed by atoms with van der Waals surface area (Å²) in [6, 6.07) is 20.3. The molecule has 4 rings (SSSR count). The lowest BCUT2D eigenvalue weighted by Crippen LogP contribution is -2.14. The number of nitrogens with zero attached hydrogens (tertiary/aromatic N) is 3. The number of rotatable bonds is 5. The first kappa shape index (κ1) is 18.3. The standard InChI is InChI=1S/C23H18N4O2/c1-16-22(10-7-20-13-25-15-27(16)20)23(28)26-19-5-8-21(9-6-19)29-14-18-4-2-3-17(11-18)12-24/h2-11,13,15H,14H2,1H3,(H,26,28). The van der Waals surface area contributed by atoms with Crippen LogP contribution in [0, 0.1) is 18.3 Å². The van der Waals surface area contributed by atoms with Crippen molar-refractivity contribution in [2.75, 3.05) is 5.32 Å². The molecule has 0 aliphatic carbocycles. The maximum atomic E-state index is 12.7. The summed E-state index contributed by atoms with van der Waals surface area (Å²) in [7, 11) is 0. The monoisotopic (exact) mass is 382 g/mol. The Labute approximate surface area is 168 Å². The van der Waals surface area contributed by atoms with Gasteiger partial charge in [0.05, 0.1) is 35.2 Å². The summed E-state index contributed by atoms with van der Waals surface area (Å²) in [5.74, 6) is 0.501. The topological polar surface area (TPSA) is 79.4 Å². The van der Waals surface area contributed by atoms with Gasteiger partial charge in [-0.2, -0.15) is 5.26 Å². The van der Waals surface area contributed by atoms with Gasteiger partial charge < -0.3 is 14.5 Å². The van der Waals surface area contributed by atoms with Gasteiger partial charge in [0.25, 0.3) is 5.91 Å². The van der Waals surface area contributed by atoms with E-state index in [-0.39, 0.29) is 5.91 Å². The van der Waals surface area contributed by atoms with Crippen molar-refractivity contribution in [3.05, 3.63) is 95.6 Å². The zero-order chi connectivity index (χ0) is 20.2. The van der Waals surface area contributed by atoms with E-state index in [9.17, 15) is 4.79 Å². The molecule has 2 heterocycles. The number of carbonyl (C=O) groups is 1. The molecule has 0 aliphatic rings. The van der Waals surface area contributed by atoms with Gasteiger partial charge in [0.15, 0.2) is 0 Å². The number of hydrogen-bond donors (Lipinski definition) is 1. The fraction of sp³-hybridized carbons (Fsp3) is 0.0870. The van der Waals surface area contributed by atoms with Crippen molar-refractivity contribution in [2.24, 2.45) is 0 Å². The van der Waals surface area contributed by atoms with Crippen molar-refractivity contribution >= 4 is 17.1 Å². The minimum Gasteiger partial charge on any atom is -0.489 e. The van der Waals surface area contributed by atoms with Gasteiger partial charge in [-0.05, 0) is 61.0 Å². The number of carbonyl (C=O) groups excluding carboxylic acids is 1. The molecule has 1 amide bonds. The Kier molecular flexibility index (Phi) is 4.95. The number of amides is 1. The lowest BCUT2D eigenvalue weighted by molar-refractivity contribution is 0.102. The lowest BCUT2D eigenvalue weighted by Gasteiger charge is -2.11. The first-order valence-corrected chi connectivity index (χ1v) is 9.09. The first-order chi connectivity index (χ1) is 14.1. The van der Waals surface area contributed by atoms with Gasteiger partial charge in [0, 0.05) is 11.4 Å². The van der Waals surface area contributed by atoms with Crippen LogP contribution in [0.5, 0.6) is 5.75 Å². The van der Waals surface area contributed by atoms with E-state index in [2.05, 4.69) is 16.4 Å². The molecule has 2 aromatic heterocycles. The molecule has 0 saturated heterocycles. The molecule has 2 aromatic carbocycles. The van der Waals surface area contributed by atoms with Crippen LogP contribution in [0.1, 0.15) is 27.2 Å². The van der Waals surface area contributed by atoms with Crippen LogP contribution in [0.3, 0.4) is 0 Å². The van der Waals surface area contributed by atoms with Crippen molar-refractivity contribution in [3.8, 4) is 11.8 Å². The van der Waals surface area contributed by atoms with E-state index in [1.54, 1.807) is 55.0 Å². The summed E-state index contributed by atoms with van der Waals surface area (Å²) in [6.45, 7) is 2.26. The predicted octanol–water partition coefficient (Wildman–Crippen LogP) is 4.35. The minimum absolute atomic E-state index is 0.180. The van der Waals surface area contributed by atoms with E-state index in [1.165, 1.54) is 0 Å². The Morgan fingerprint density at radius 3 is 2.79 bits per heavy atom. The average Bonchev–Trinajstić information content (AvgIpc) is 3.23. The molecular weight excluding hydrogens is 364 g/mol. The van der Waals surface area contributed by atoms with Gasteiger partial charge in [-0.1, -0.05) is 12.1 Å². The van der Waals surface area contributed by atoms with Crippen molar-refractivity contribution in [3.63, 3.8) is 0 Å². The number of fused-ring (bicyclic) bond motifs is 1. The summed E-state index contributed by atoms with van der Waals surface area (Å²) in [4.78, 5) is 16.8. The Bertz CT molecular complexity index is 1220. The molecule has 0 bridgehead atoms. The van der Waals surface area contributed by atoms with E-state index in [0.29, 0.717) is 29.2 Å². The number of aromatic nitrogens is 2. The molecule has 6 heteroatoms. The molecule has 0 saturated carbocycles. The summed E-state index contributed by atoms with van der Waals surface area (Å²) < 4.78 is 7.64. The fourth-order valence-corrected chi connectivity index (χ4v) is 3.10. The summed E-state index contributed by atoms with van der Waals surface area (Å²) in [5.41, 5.74) is 4.57. The Hall–Kier alpha value is -4.11. The number of aryl methyl sites for hydroxylation is 1. The van der Waals surface area contributed by atoms with Gasteiger partial charge in [0.2, 0.25) is 0 Å². The quantitative estimate of drug-likeness (QED) is 0.557. The molecule has 142 valence electrons. The van der Waals surface area contributed by atoms with Gasteiger partial charge in [-0.3, -0.25) is 4.79 Å². The summed E-state index contributed by atoms with van der Waals surface area (Å²) >= 11 is 0. The van der Waals surface area contributed by atoms with Crippen LogP contribution >= 0.6 is 0 Å². The van der Waals surface area contributed by atoms with Gasteiger partial charge in [-0.15, -0.1) is 0 Å². The number of nitrogens with one attached hydrogen (secondary N) is 1. The Morgan fingerprint density at radius 1 is 1.17 bits per heavy atom. The number of benzene rings is 2. The van der Waals surface area contributed by atoms with E-state index in [4.69, 9.17) is 10.00 Å². The summed E-state index contributed by atoms with van der Waals surface area (Å²) in [6.07, 6.45) is 3.45. The maximum Gasteiger partial charge on any atom is 0.257 e. The van der Waals surface area contributed by atoms with E-state index in [0.717, 1.165) is 16.8 Å². The highest BCUT2D eigenvalue weighted by Crippen LogP contribution is 2.19. The number of anilines is 1. The zero-order valence-corrected chi connectivity index (χ0v) is 15.8. The van der Waals surface area contributed by atoms with Crippen LogP contribution in [0.2, 0.25) is 0 Å². The van der Waals surface area contributed by atoms with Crippen LogP contribution < -0.4 is 10.1 Å². The van der Waals surface area contributed by atoms with Crippen molar-refractivity contribution < 1.29 is 9.53 Å². The van der Waals surface area contributed by atoms with E-state index in [1.807, 2.05) is 29.5 Å². The molecule has 0 radical (unpaired) electrons. The van der Waals surface area contributed by atoms with E-state index < -0.39 is 0 Å². The predicted molar refractivity (Wildman–Crippen MR) is 110 cm³/mol. The number of imidazole rings is 1. The smallest absolute Gasteiger partial charge is 0.257 e. The van der Waals surface area contributed by atoms with E-state index >= 15 is 0 Å². The second-order valence-corrected chi connectivity index (χ2v) is 6.60. The molecule has 0 unspecified atom stereocenters. The molecule has 4 aromatic rings. The number of hydrogen-bond acceptors (Lipinski definition) is 4. The third-order valence-electron chi connectivity index (χ3n) is 4.66. The molecule has 0 fully saturated rings. The molecular formula is C23H18N4O2. The number of nitriles is 1. The van der Waals surface area contributed by atoms with Crippen molar-refractivity contribution in [1.29, 1.82) is 5.26 Å². The van der Waals surface area contributed by atoms with Gasteiger partial charge in [0.1, 0.15) is 12.4 Å². The van der Waals surface area contributed by atoms with Crippen molar-refractivity contribution in [1.82, 2.24) is 9.38 Å². The molecule has 0 aliphatic heterocycles. The largest absolute Gasteiger partial charge is 0.489 e. The maximum absolute atomic E-state index is 12.7. The molecule has 6 nitrogen and oxygen atoms in total. The van der Waals surface area contributed by atoms with Gasteiger partial charge in [-0.25, -0.2) is 4.98 Å². The van der Waals surface area contributed by atoms with Crippen molar-refractivity contribution in [2.45, 2.75) is 13.5 Å². The van der Waals surface area contributed by atoms with Gasteiger partial charge >= 0.3 is 0 Å². The highest BCUT2D eigenvalue weighted by molar-refractivity contribution is 6.05. The Balaban J connectivity index is 1.41. The molecule has 29 heavy (non-hydrogen) atoms. The third kappa shape index (κ3) is 3.94. The lowest BCUT2D eigenvalue weighted by atomic mass is 10.1. The van der Waals surface area contributed by atoms with Crippen LogP contribution in [-0.4, -0.2) is 15.3 Å². The number of pyridine rings is 1. The number of ether oxygens (including phenoxy) is 1. The fourth-order valence-electron chi connectivity index (χ4n) is 3.10. The highest BCUT2D eigenvalue weighted by atomic mass is 16.5. The second-order valence-electron chi connectivity index (χ2n) is 6.60. The highest BCUT2D eigenvalue weighted by Gasteiger charge is 2.12. The molecule has 1 N–H and O–H groups in total. The summed E-state index contributed by atoms with van der Waals surface area (Å²) in [5, 5.41) is 11.9. The minimum atomic E-state index is -0.180. The molecule has 0 atom stereocenters.